The van der Waals surface area contributed by atoms with Crippen LogP contribution in [-0.4, -0.2) is 50.7 Å². The van der Waals surface area contributed by atoms with E-state index in [0.717, 1.165) is 51.1 Å². The number of carbonyl (C=O) groups excluding carboxylic acids is 1. The van der Waals surface area contributed by atoms with Crippen molar-refractivity contribution in [2.75, 3.05) is 50.1 Å². The Bertz CT molecular complexity index is 927. The number of nitrogens with zero attached hydrogens (tertiary/aromatic N) is 3. The van der Waals surface area contributed by atoms with E-state index >= 15 is 0 Å². The van der Waals surface area contributed by atoms with Crippen LogP contribution in [0.3, 0.4) is 0 Å². The molecule has 4 rings (SSSR count). The van der Waals surface area contributed by atoms with E-state index in [-0.39, 0.29) is 12.5 Å². The maximum Gasteiger partial charge on any atom is 0.239 e. The van der Waals surface area contributed by atoms with Crippen molar-refractivity contribution in [3.63, 3.8) is 0 Å². The molecule has 0 spiro atoms. The first-order valence-corrected chi connectivity index (χ1v) is 10.9. The summed E-state index contributed by atoms with van der Waals surface area (Å²) < 4.78 is 5.47. The van der Waals surface area contributed by atoms with E-state index in [1.165, 1.54) is 16.1 Å². The average molecular weight is 411 g/mol. The fourth-order valence-corrected chi connectivity index (χ4v) is 5.38. The van der Waals surface area contributed by atoms with Crippen LogP contribution < -0.4 is 10.2 Å². The highest BCUT2D eigenvalue weighted by Crippen LogP contribution is 2.38. The second kappa shape index (κ2) is 8.95. The quantitative estimate of drug-likeness (QED) is 0.793. The van der Waals surface area contributed by atoms with Gasteiger partial charge in [0.1, 0.15) is 11.1 Å². The van der Waals surface area contributed by atoms with E-state index in [4.69, 9.17) is 4.74 Å². The summed E-state index contributed by atoms with van der Waals surface area (Å²) in [6.07, 6.45) is 3.07. The van der Waals surface area contributed by atoms with E-state index in [9.17, 15) is 10.1 Å². The molecule has 1 amide bonds. The maximum absolute atomic E-state index is 12.6. The third-order valence-electron chi connectivity index (χ3n) is 5.48. The molecular formula is C22H26N4O2S. The Morgan fingerprint density at radius 2 is 2.10 bits per heavy atom. The summed E-state index contributed by atoms with van der Waals surface area (Å²) in [5.74, 6) is -0.0761. The molecule has 1 aromatic heterocycles. The van der Waals surface area contributed by atoms with Crippen molar-refractivity contribution in [2.24, 2.45) is 0 Å². The zero-order chi connectivity index (χ0) is 20.2. The standard InChI is InChI=1S/C22H26N4O2S/c1-25(14-16-5-2-3-7-19(16)26-9-11-28-12-10-26)15-21(27)24-22-18(13-23)17-6-4-8-20(17)29-22/h2-3,5,7H,4,6,8-12,14-15H2,1H3,(H,24,27). The van der Waals surface area contributed by atoms with E-state index in [2.05, 4.69) is 34.5 Å². The van der Waals surface area contributed by atoms with Gasteiger partial charge in [0.05, 0.1) is 25.3 Å². The largest absolute Gasteiger partial charge is 0.378 e. The monoisotopic (exact) mass is 410 g/mol. The molecule has 0 atom stereocenters. The lowest BCUT2D eigenvalue weighted by atomic mass is 10.1. The number of thiophene rings is 1. The van der Waals surface area contributed by atoms with Crippen LogP contribution in [0.4, 0.5) is 10.7 Å². The van der Waals surface area contributed by atoms with Gasteiger partial charge in [0.15, 0.2) is 0 Å². The predicted molar refractivity (Wildman–Crippen MR) is 115 cm³/mol. The van der Waals surface area contributed by atoms with Crippen LogP contribution in [0, 0.1) is 11.3 Å². The van der Waals surface area contributed by atoms with E-state index in [1.807, 2.05) is 18.0 Å². The molecule has 2 heterocycles. The molecule has 7 heteroatoms. The Morgan fingerprint density at radius 3 is 2.90 bits per heavy atom. The normalized spacial score (nSPS) is 16.0. The molecule has 1 aliphatic heterocycles. The van der Waals surface area contributed by atoms with Gasteiger partial charge in [-0.05, 0) is 43.5 Å². The van der Waals surface area contributed by atoms with Crippen molar-refractivity contribution in [1.29, 1.82) is 5.26 Å². The van der Waals surface area contributed by atoms with Crippen LogP contribution in [0.25, 0.3) is 0 Å². The van der Waals surface area contributed by atoms with E-state index in [1.54, 1.807) is 11.3 Å². The lowest BCUT2D eigenvalue weighted by Gasteiger charge is -2.31. The van der Waals surface area contributed by atoms with Crippen molar-refractivity contribution >= 4 is 27.9 Å². The first-order chi connectivity index (χ1) is 14.2. The van der Waals surface area contributed by atoms with Crippen LogP contribution in [-0.2, 0) is 28.9 Å². The lowest BCUT2D eigenvalue weighted by Crippen LogP contribution is -2.37. The third-order valence-corrected chi connectivity index (χ3v) is 6.69. The van der Waals surface area contributed by atoms with Crippen molar-refractivity contribution in [1.82, 2.24) is 4.90 Å². The molecule has 1 aliphatic carbocycles. The Kier molecular flexibility index (Phi) is 6.14. The van der Waals surface area contributed by atoms with Crippen molar-refractivity contribution < 1.29 is 9.53 Å². The van der Waals surface area contributed by atoms with Crippen molar-refractivity contribution in [2.45, 2.75) is 25.8 Å². The zero-order valence-electron chi connectivity index (χ0n) is 16.7. The first kappa shape index (κ1) is 19.9. The number of fused-ring (bicyclic) bond motifs is 1. The predicted octanol–water partition coefficient (Wildman–Crippen LogP) is 3.02. The summed E-state index contributed by atoms with van der Waals surface area (Å²) in [6.45, 7) is 4.25. The average Bonchev–Trinajstić information content (AvgIpc) is 3.29. The SMILES string of the molecule is CN(CC(=O)Nc1sc2c(c1C#N)CCC2)Cc1ccccc1N1CCOCC1. The molecule has 1 saturated heterocycles. The smallest absolute Gasteiger partial charge is 0.239 e. The van der Waals surface area contributed by atoms with Gasteiger partial charge in [-0.25, -0.2) is 0 Å². The number of ether oxygens (including phenoxy) is 1. The number of nitrogens with one attached hydrogen (secondary N) is 1. The van der Waals surface area contributed by atoms with Crippen molar-refractivity contribution in [3.8, 4) is 6.07 Å². The van der Waals surface area contributed by atoms with Crippen LogP contribution in [0.5, 0.6) is 0 Å². The van der Waals surface area contributed by atoms with Crippen LogP contribution in [0.2, 0.25) is 0 Å². The van der Waals surface area contributed by atoms with Crippen LogP contribution in [0.15, 0.2) is 24.3 Å². The molecule has 29 heavy (non-hydrogen) atoms. The number of hydrogen-bond acceptors (Lipinski definition) is 6. The molecule has 0 bridgehead atoms. The summed E-state index contributed by atoms with van der Waals surface area (Å²) in [5.41, 5.74) is 4.22. The second-order valence-corrected chi connectivity index (χ2v) is 8.73. The minimum atomic E-state index is -0.0761. The summed E-state index contributed by atoms with van der Waals surface area (Å²) >= 11 is 1.56. The van der Waals surface area contributed by atoms with E-state index < -0.39 is 0 Å². The van der Waals surface area contributed by atoms with Gasteiger partial charge in [0, 0.05) is 30.2 Å². The van der Waals surface area contributed by atoms with Gasteiger partial charge in [-0.1, -0.05) is 18.2 Å². The molecule has 6 nitrogen and oxygen atoms in total. The number of anilines is 2. The molecule has 1 fully saturated rings. The number of benzene rings is 1. The maximum atomic E-state index is 12.6. The number of para-hydroxylation sites is 1. The number of rotatable bonds is 6. The highest BCUT2D eigenvalue weighted by Gasteiger charge is 2.23. The number of amides is 1. The Labute approximate surface area is 175 Å². The summed E-state index contributed by atoms with van der Waals surface area (Å²) in [6, 6.07) is 10.6. The van der Waals surface area contributed by atoms with Gasteiger partial charge in [-0.2, -0.15) is 5.26 Å². The Hall–Kier alpha value is -2.40. The molecule has 1 aromatic carbocycles. The minimum Gasteiger partial charge on any atom is -0.378 e. The number of aryl methyl sites for hydroxylation is 1. The molecular weight excluding hydrogens is 384 g/mol. The number of nitriles is 1. The topological polar surface area (TPSA) is 68.6 Å². The zero-order valence-corrected chi connectivity index (χ0v) is 17.6. The fraction of sp³-hybridized carbons (Fsp3) is 0.455. The Balaban J connectivity index is 1.39. The van der Waals surface area contributed by atoms with Crippen molar-refractivity contribution in [3.05, 3.63) is 45.8 Å². The summed E-state index contributed by atoms with van der Waals surface area (Å²) in [7, 11) is 1.95. The second-order valence-electron chi connectivity index (χ2n) is 7.62. The van der Waals surface area contributed by atoms with Gasteiger partial charge in [-0.3, -0.25) is 9.69 Å². The highest BCUT2D eigenvalue weighted by atomic mass is 32.1. The lowest BCUT2D eigenvalue weighted by molar-refractivity contribution is -0.117. The van der Waals surface area contributed by atoms with Gasteiger partial charge in [-0.15, -0.1) is 11.3 Å². The molecule has 1 N–H and O–H groups in total. The first-order valence-electron chi connectivity index (χ1n) is 10.1. The van der Waals surface area contributed by atoms with Gasteiger partial charge in [0.25, 0.3) is 0 Å². The van der Waals surface area contributed by atoms with Crippen LogP contribution in [0.1, 0.15) is 28.0 Å². The van der Waals surface area contributed by atoms with Gasteiger partial charge in [0.2, 0.25) is 5.91 Å². The molecule has 0 radical (unpaired) electrons. The molecule has 2 aromatic rings. The number of carbonyl (C=O) groups is 1. The third kappa shape index (κ3) is 4.45. The number of morpholine rings is 1. The fourth-order valence-electron chi connectivity index (χ4n) is 4.13. The minimum absolute atomic E-state index is 0.0761. The summed E-state index contributed by atoms with van der Waals surface area (Å²) in [5, 5.41) is 13.2. The molecule has 0 unspecified atom stereocenters. The molecule has 0 saturated carbocycles. The number of hydrogen-bond donors (Lipinski definition) is 1. The Morgan fingerprint density at radius 1 is 1.31 bits per heavy atom. The van der Waals surface area contributed by atoms with Crippen LogP contribution >= 0.6 is 11.3 Å². The van der Waals surface area contributed by atoms with Gasteiger partial charge >= 0.3 is 0 Å². The summed E-state index contributed by atoms with van der Waals surface area (Å²) in [4.78, 5) is 18.2. The van der Waals surface area contributed by atoms with E-state index in [0.29, 0.717) is 17.1 Å². The highest BCUT2D eigenvalue weighted by molar-refractivity contribution is 7.16. The molecule has 2 aliphatic rings. The van der Waals surface area contributed by atoms with Gasteiger partial charge < -0.3 is 15.0 Å². The number of likely N-dealkylation sites (N-methyl/N-ethyl adjacent to an activating group) is 1. The molecule has 152 valence electrons.